The number of alkyl halides is 3. The summed E-state index contributed by atoms with van der Waals surface area (Å²) in [5, 5.41) is 10.4. The first-order valence-electron chi connectivity index (χ1n) is 7.37. The minimum absolute atomic E-state index is 0.185. The lowest BCUT2D eigenvalue weighted by Crippen LogP contribution is -2.23. The van der Waals surface area contributed by atoms with Crippen LogP contribution in [0.1, 0.15) is 56.3 Å². The Morgan fingerprint density at radius 3 is 2.62 bits per heavy atom. The van der Waals surface area contributed by atoms with Gasteiger partial charge in [-0.05, 0) is 42.4 Å². The smallest absolute Gasteiger partial charge is 0.388 e. The molecular weight excluding hydrogens is 284 g/mol. The minimum Gasteiger partial charge on any atom is -0.388 e. The Balaban J connectivity index is 2.28. The molecule has 21 heavy (non-hydrogen) atoms. The number of hydrogen-bond acceptors (Lipinski definition) is 1. The third-order valence-electron chi connectivity index (χ3n) is 4.49. The van der Waals surface area contributed by atoms with Crippen molar-refractivity contribution < 1.29 is 22.7 Å². The van der Waals surface area contributed by atoms with Crippen LogP contribution in [0, 0.1) is 17.7 Å². The van der Waals surface area contributed by atoms with Crippen LogP contribution in [0.2, 0.25) is 0 Å². The van der Waals surface area contributed by atoms with Crippen LogP contribution in [-0.2, 0) is 6.18 Å². The molecule has 0 aliphatic heterocycles. The lowest BCUT2D eigenvalue weighted by atomic mass is 9.75. The van der Waals surface area contributed by atoms with Crippen molar-refractivity contribution >= 4 is 0 Å². The Bertz CT molecular complexity index is 484. The van der Waals surface area contributed by atoms with E-state index in [9.17, 15) is 22.7 Å². The molecule has 118 valence electrons. The minimum atomic E-state index is -4.66. The Morgan fingerprint density at radius 1 is 1.29 bits per heavy atom. The van der Waals surface area contributed by atoms with Crippen molar-refractivity contribution in [2.75, 3.05) is 0 Å². The molecule has 1 saturated carbocycles. The molecule has 0 spiro atoms. The highest BCUT2D eigenvalue weighted by molar-refractivity contribution is 5.32. The molecule has 3 atom stereocenters. The topological polar surface area (TPSA) is 20.2 Å². The van der Waals surface area contributed by atoms with Crippen molar-refractivity contribution in [2.45, 2.75) is 51.3 Å². The van der Waals surface area contributed by atoms with E-state index >= 15 is 0 Å². The van der Waals surface area contributed by atoms with Gasteiger partial charge in [-0.1, -0.05) is 32.3 Å². The first kappa shape index (κ1) is 16.3. The van der Waals surface area contributed by atoms with E-state index in [0.717, 1.165) is 37.8 Å². The Kier molecular flexibility index (Phi) is 4.91. The van der Waals surface area contributed by atoms with Crippen molar-refractivity contribution in [1.29, 1.82) is 0 Å². The van der Waals surface area contributed by atoms with Crippen LogP contribution in [0.4, 0.5) is 17.6 Å². The molecule has 0 heterocycles. The summed E-state index contributed by atoms with van der Waals surface area (Å²) >= 11 is 0. The molecule has 1 aliphatic rings. The number of benzene rings is 1. The van der Waals surface area contributed by atoms with E-state index in [1.807, 2.05) is 0 Å². The maximum atomic E-state index is 13.1. The van der Waals surface area contributed by atoms with E-state index in [2.05, 4.69) is 6.92 Å². The van der Waals surface area contributed by atoms with Crippen LogP contribution < -0.4 is 0 Å². The molecule has 0 aromatic heterocycles. The molecule has 1 aromatic rings. The number of aliphatic hydroxyl groups is 1. The molecule has 0 radical (unpaired) electrons. The third kappa shape index (κ3) is 3.76. The zero-order valence-electron chi connectivity index (χ0n) is 12.0. The van der Waals surface area contributed by atoms with Crippen LogP contribution in [0.5, 0.6) is 0 Å². The maximum absolute atomic E-state index is 13.1. The highest BCUT2D eigenvalue weighted by Crippen LogP contribution is 2.42. The van der Waals surface area contributed by atoms with Crippen molar-refractivity contribution in [1.82, 2.24) is 0 Å². The molecule has 0 amide bonds. The van der Waals surface area contributed by atoms with Gasteiger partial charge < -0.3 is 5.11 Å². The fourth-order valence-corrected chi connectivity index (χ4v) is 3.28. The second-order valence-electron chi connectivity index (χ2n) is 5.88. The molecule has 0 bridgehead atoms. The predicted molar refractivity (Wildman–Crippen MR) is 72.1 cm³/mol. The zero-order valence-corrected chi connectivity index (χ0v) is 12.0. The normalized spacial score (nSPS) is 24.9. The zero-order chi connectivity index (χ0) is 15.6. The molecule has 2 rings (SSSR count). The van der Waals surface area contributed by atoms with Crippen molar-refractivity contribution in [3.63, 3.8) is 0 Å². The van der Waals surface area contributed by atoms with Gasteiger partial charge >= 0.3 is 6.18 Å². The van der Waals surface area contributed by atoms with E-state index < -0.39 is 23.7 Å². The second kappa shape index (κ2) is 6.34. The van der Waals surface area contributed by atoms with Gasteiger partial charge in [-0.2, -0.15) is 13.2 Å². The highest BCUT2D eigenvalue weighted by Gasteiger charge is 2.38. The first-order valence-corrected chi connectivity index (χ1v) is 7.37. The Morgan fingerprint density at radius 2 is 2.00 bits per heavy atom. The monoisotopic (exact) mass is 304 g/mol. The van der Waals surface area contributed by atoms with Crippen molar-refractivity contribution in [3.8, 4) is 0 Å². The average Bonchev–Trinajstić information content (AvgIpc) is 2.45. The van der Waals surface area contributed by atoms with Crippen LogP contribution in [-0.4, -0.2) is 5.11 Å². The van der Waals surface area contributed by atoms with Gasteiger partial charge in [0.15, 0.2) is 0 Å². The third-order valence-corrected chi connectivity index (χ3v) is 4.49. The predicted octanol–water partition coefficient (Wildman–Crippen LogP) is 5.09. The van der Waals surface area contributed by atoms with Crippen LogP contribution >= 0.6 is 0 Å². The Hall–Kier alpha value is -1.10. The number of aliphatic hydroxyl groups excluding tert-OH is 1. The van der Waals surface area contributed by atoms with Gasteiger partial charge in [0.1, 0.15) is 5.82 Å². The lowest BCUT2D eigenvalue weighted by Gasteiger charge is -2.32. The summed E-state index contributed by atoms with van der Waals surface area (Å²) in [5.74, 6) is -0.670. The van der Waals surface area contributed by atoms with Crippen LogP contribution in [0.3, 0.4) is 0 Å². The molecule has 5 heteroatoms. The van der Waals surface area contributed by atoms with E-state index in [1.165, 1.54) is 0 Å². The summed E-state index contributed by atoms with van der Waals surface area (Å²) in [4.78, 5) is 0. The molecule has 3 unspecified atom stereocenters. The molecule has 1 N–H and O–H groups in total. The molecular formula is C16H20F4O. The van der Waals surface area contributed by atoms with E-state index in [-0.39, 0.29) is 11.5 Å². The van der Waals surface area contributed by atoms with E-state index in [4.69, 9.17) is 0 Å². The van der Waals surface area contributed by atoms with E-state index in [1.54, 1.807) is 0 Å². The highest BCUT2D eigenvalue weighted by atomic mass is 19.4. The van der Waals surface area contributed by atoms with Crippen molar-refractivity contribution in [2.24, 2.45) is 11.8 Å². The Labute approximate surface area is 122 Å². The summed E-state index contributed by atoms with van der Waals surface area (Å²) < 4.78 is 52.2. The number of rotatable bonds is 3. The average molecular weight is 304 g/mol. The molecule has 1 aliphatic carbocycles. The molecule has 0 saturated heterocycles. The van der Waals surface area contributed by atoms with Gasteiger partial charge in [0.2, 0.25) is 0 Å². The lowest BCUT2D eigenvalue weighted by molar-refractivity contribution is -0.139. The summed E-state index contributed by atoms with van der Waals surface area (Å²) in [5.41, 5.74) is -1.26. The summed E-state index contributed by atoms with van der Waals surface area (Å²) in [7, 11) is 0. The number of halogens is 4. The van der Waals surface area contributed by atoms with Gasteiger partial charge in [0.05, 0.1) is 11.7 Å². The summed E-state index contributed by atoms with van der Waals surface area (Å²) in [6.07, 6.45) is -1.44. The SMILES string of the molecule is CCC1CCCC(C(O)c2ccc(F)cc2C(F)(F)F)C1. The fourth-order valence-electron chi connectivity index (χ4n) is 3.28. The quantitative estimate of drug-likeness (QED) is 0.771. The maximum Gasteiger partial charge on any atom is 0.416 e. The van der Waals surface area contributed by atoms with Gasteiger partial charge in [0.25, 0.3) is 0 Å². The molecule has 1 fully saturated rings. The van der Waals surface area contributed by atoms with Crippen molar-refractivity contribution in [3.05, 3.63) is 35.1 Å². The summed E-state index contributed by atoms with van der Waals surface area (Å²) in [6, 6.07) is 2.52. The molecule has 1 aromatic carbocycles. The standard InChI is InChI=1S/C16H20F4O/c1-2-10-4-3-5-11(8-10)15(21)13-7-6-12(17)9-14(13)16(18,19)20/h6-7,9-11,15,21H,2-5,8H2,1H3. The van der Waals surface area contributed by atoms with Crippen LogP contribution in [0.15, 0.2) is 18.2 Å². The van der Waals surface area contributed by atoms with Gasteiger partial charge in [-0.15, -0.1) is 0 Å². The fraction of sp³-hybridized carbons (Fsp3) is 0.625. The van der Waals surface area contributed by atoms with Crippen LogP contribution in [0.25, 0.3) is 0 Å². The van der Waals surface area contributed by atoms with E-state index in [0.29, 0.717) is 18.4 Å². The van der Waals surface area contributed by atoms with Gasteiger partial charge in [-0.3, -0.25) is 0 Å². The largest absolute Gasteiger partial charge is 0.416 e. The molecule has 1 nitrogen and oxygen atoms in total. The second-order valence-corrected chi connectivity index (χ2v) is 5.88. The first-order chi connectivity index (χ1) is 9.82. The van der Waals surface area contributed by atoms with Gasteiger partial charge in [-0.25, -0.2) is 4.39 Å². The number of hydrogen-bond donors (Lipinski definition) is 1. The van der Waals surface area contributed by atoms with Gasteiger partial charge in [0, 0.05) is 0 Å². The summed E-state index contributed by atoms with van der Waals surface area (Å²) in [6.45, 7) is 2.05.